The Labute approximate surface area is 149 Å². The van der Waals surface area contributed by atoms with Gasteiger partial charge in [0.15, 0.2) is 0 Å². The molecule has 1 fully saturated rings. The quantitative estimate of drug-likeness (QED) is 0.431. The molecule has 8 heteroatoms. The summed E-state index contributed by atoms with van der Waals surface area (Å²) in [6.45, 7) is 7.93. The summed E-state index contributed by atoms with van der Waals surface area (Å²) >= 11 is 0. The number of non-ortho nitro benzene ring substituents is 1. The van der Waals surface area contributed by atoms with E-state index in [0.29, 0.717) is 23.9 Å². The average Bonchev–Trinajstić information content (AvgIpc) is 2.50. The van der Waals surface area contributed by atoms with Crippen LogP contribution in [0.3, 0.4) is 0 Å². The highest BCUT2D eigenvalue weighted by atomic mass is 32.2. The van der Waals surface area contributed by atoms with E-state index in [4.69, 9.17) is 0 Å². The highest BCUT2D eigenvalue weighted by Gasteiger charge is 2.21. The molecule has 0 aromatic heterocycles. The van der Waals surface area contributed by atoms with Gasteiger partial charge >= 0.3 is 0 Å². The van der Waals surface area contributed by atoms with Crippen LogP contribution in [0.15, 0.2) is 24.3 Å². The number of benzene rings is 1. The van der Waals surface area contributed by atoms with E-state index >= 15 is 0 Å². The smallest absolute Gasteiger partial charge is 0.269 e. The number of piperidine rings is 1. The van der Waals surface area contributed by atoms with Gasteiger partial charge in [-0.2, -0.15) is 0 Å². The molecule has 1 heterocycles. The van der Waals surface area contributed by atoms with Gasteiger partial charge in [0.2, 0.25) is 10.0 Å². The van der Waals surface area contributed by atoms with Gasteiger partial charge in [-0.15, -0.1) is 0 Å². The van der Waals surface area contributed by atoms with Crippen molar-refractivity contribution in [3.8, 4) is 0 Å². The Bertz CT molecular complexity index is 683. The van der Waals surface area contributed by atoms with Crippen LogP contribution in [-0.4, -0.2) is 44.4 Å². The third kappa shape index (κ3) is 6.72. The SMILES string of the molecule is C[C@H]1C[C@H](C)CN(CCCNS(=O)(=O)Cc2cccc([N+](=O)[O-])c2)C1. The maximum atomic E-state index is 12.1. The van der Waals surface area contributed by atoms with Gasteiger partial charge in [-0.05, 0) is 36.8 Å². The third-order valence-corrected chi connectivity index (χ3v) is 5.75. The number of likely N-dealkylation sites (tertiary alicyclic amines) is 1. The minimum atomic E-state index is -3.49. The lowest BCUT2D eigenvalue weighted by atomic mass is 9.92. The zero-order valence-electron chi connectivity index (χ0n) is 14.8. The predicted octanol–water partition coefficient (Wildman–Crippen LogP) is 2.38. The summed E-state index contributed by atoms with van der Waals surface area (Å²) in [7, 11) is -3.49. The number of nitro groups is 1. The summed E-state index contributed by atoms with van der Waals surface area (Å²) in [4.78, 5) is 12.6. The summed E-state index contributed by atoms with van der Waals surface area (Å²) in [5, 5.41) is 10.8. The van der Waals surface area contributed by atoms with Crippen molar-refractivity contribution in [1.82, 2.24) is 9.62 Å². The first-order valence-corrected chi connectivity index (χ1v) is 10.3. The number of hydrogen-bond acceptors (Lipinski definition) is 5. The van der Waals surface area contributed by atoms with E-state index in [1.807, 2.05) is 0 Å². The van der Waals surface area contributed by atoms with Crippen LogP contribution in [0.2, 0.25) is 0 Å². The normalized spacial score (nSPS) is 22.0. The molecule has 1 aliphatic heterocycles. The molecule has 0 amide bonds. The van der Waals surface area contributed by atoms with Crippen LogP contribution in [0.25, 0.3) is 0 Å². The van der Waals surface area contributed by atoms with Gasteiger partial charge in [0.1, 0.15) is 0 Å². The highest BCUT2D eigenvalue weighted by molar-refractivity contribution is 7.88. The van der Waals surface area contributed by atoms with E-state index in [1.165, 1.54) is 24.6 Å². The average molecular weight is 369 g/mol. The van der Waals surface area contributed by atoms with Crippen molar-refractivity contribution >= 4 is 15.7 Å². The minimum Gasteiger partial charge on any atom is -0.303 e. The van der Waals surface area contributed by atoms with Crippen molar-refractivity contribution in [3.63, 3.8) is 0 Å². The van der Waals surface area contributed by atoms with Gasteiger partial charge in [-0.3, -0.25) is 10.1 Å². The van der Waals surface area contributed by atoms with Crippen molar-refractivity contribution in [2.45, 2.75) is 32.4 Å². The van der Waals surface area contributed by atoms with Crippen molar-refractivity contribution in [2.24, 2.45) is 11.8 Å². The number of nitrogens with one attached hydrogen (secondary N) is 1. The fraction of sp³-hybridized carbons (Fsp3) is 0.647. The van der Waals surface area contributed by atoms with E-state index in [1.54, 1.807) is 6.07 Å². The Morgan fingerprint density at radius 1 is 1.28 bits per heavy atom. The highest BCUT2D eigenvalue weighted by Crippen LogP contribution is 2.20. The van der Waals surface area contributed by atoms with Crippen LogP contribution in [0.4, 0.5) is 5.69 Å². The van der Waals surface area contributed by atoms with E-state index in [2.05, 4.69) is 23.5 Å². The monoisotopic (exact) mass is 369 g/mol. The van der Waals surface area contributed by atoms with Gasteiger partial charge in [-0.25, -0.2) is 13.1 Å². The molecule has 1 N–H and O–H groups in total. The van der Waals surface area contributed by atoms with Crippen molar-refractivity contribution in [1.29, 1.82) is 0 Å². The Morgan fingerprint density at radius 2 is 1.96 bits per heavy atom. The van der Waals surface area contributed by atoms with E-state index in [0.717, 1.165) is 26.1 Å². The molecule has 0 saturated carbocycles. The second-order valence-electron chi connectivity index (χ2n) is 7.14. The largest absolute Gasteiger partial charge is 0.303 e. The first-order valence-electron chi connectivity index (χ1n) is 8.68. The minimum absolute atomic E-state index is 0.0963. The summed E-state index contributed by atoms with van der Waals surface area (Å²) in [6.07, 6.45) is 2.01. The van der Waals surface area contributed by atoms with Crippen LogP contribution in [0.5, 0.6) is 0 Å². The van der Waals surface area contributed by atoms with Gasteiger partial charge in [0.05, 0.1) is 10.7 Å². The molecule has 2 rings (SSSR count). The van der Waals surface area contributed by atoms with Crippen molar-refractivity contribution < 1.29 is 13.3 Å². The summed E-state index contributed by atoms with van der Waals surface area (Å²) in [5.41, 5.74) is 0.321. The van der Waals surface area contributed by atoms with E-state index in [-0.39, 0.29) is 11.4 Å². The molecule has 1 aromatic rings. The first-order chi connectivity index (χ1) is 11.7. The molecule has 0 radical (unpaired) electrons. The Hall–Kier alpha value is -1.51. The zero-order chi connectivity index (χ0) is 18.4. The predicted molar refractivity (Wildman–Crippen MR) is 97.7 cm³/mol. The number of nitrogens with zero attached hydrogens (tertiary/aromatic N) is 2. The summed E-state index contributed by atoms with van der Waals surface area (Å²) in [6, 6.07) is 5.74. The Morgan fingerprint density at radius 3 is 2.60 bits per heavy atom. The van der Waals surface area contributed by atoms with Gasteiger partial charge in [-0.1, -0.05) is 26.0 Å². The third-order valence-electron chi connectivity index (χ3n) is 4.40. The van der Waals surface area contributed by atoms with Gasteiger partial charge in [0, 0.05) is 31.8 Å². The van der Waals surface area contributed by atoms with Crippen molar-refractivity contribution in [2.75, 3.05) is 26.2 Å². The van der Waals surface area contributed by atoms with Crippen LogP contribution >= 0.6 is 0 Å². The molecule has 1 aliphatic rings. The van der Waals surface area contributed by atoms with Gasteiger partial charge in [0.25, 0.3) is 5.69 Å². The first kappa shape index (κ1) is 19.8. The molecule has 0 spiro atoms. The topological polar surface area (TPSA) is 92.6 Å². The molecule has 0 unspecified atom stereocenters. The molecule has 25 heavy (non-hydrogen) atoms. The standard InChI is InChI=1S/C17H27N3O4S/c1-14-9-15(2)12-19(11-14)8-4-7-18-25(23,24)13-16-5-3-6-17(10-16)20(21)22/h3,5-6,10,14-15,18H,4,7-9,11-13H2,1-2H3/t14-,15-/m0/s1. The molecule has 1 saturated heterocycles. The van der Waals surface area contributed by atoms with Crippen LogP contribution < -0.4 is 4.72 Å². The zero-order valence-corrected chi connectivity index (χ0v) is 15.7. The Balaban J connectivity index is 1.78. The van der Waals surface area contributed by atoms with Crippen molar-refractivity contribution in [3.05, 3.63) is 39.9 Å². The van der Waals surface area contributed by atoms with E-state index in [9.17, 15) is 18.5 Å². The molecule has 7 nitrogen and oxygen atoms in total. The number of rotatable bonds is 8. The molecule has 2 atom stereocenters. The number of nitro benzene ring substituents is 1. The lowest BCUT2D eigenvalue weighted by Gasteiger charge is -2.34. The molecular formula is C17H27N3O4S. The van der Waals surface area contributed by atoms with Crippen LogP contribution in [-0.2, 0) is 15.8 Å². The van der Waals surface area contributed by atoms with E-state index < -0.39 is 14.9 Å². The van der Waals surface area contributed by atoms with Gasteiger partial charge < -0.3 is 4.90 Å². The second-order valence-corrected chi connectivity index (χ2v) is 8.95. The molecule has 0 aliphatic carbocycles. The molecule has 140 valence electrons. The van der Waals surface area contributed by atoms with Crippen LogP contribution in [0.1, 0.15) is 32.3 Å². The van der Waals surface area contributed by atoms with Crippen LogP contribution in [0, 0.1) is 22.0 Å². The molecule has 0 bridgehead atoms. The second kappa shape index (κ2) is 8.73. The lowest BCUT2D eigenvalue weighted by Crippen LogP contribution is -2.40. The summed E-state index contributed by atoms with van der Waals surface area (Å²) in [5.74, 6) is 1.13. The lowest BCUT2D eigenvalue weighted by molar-refractivity contribution is -0.384. The Kier molecular flexibility index (Phi) is 6.92. The number of hydrogen-bond donors (Lipinski definition) is 1. The molecule has 1 aromatic carbocycles. The maximum Gasteiger partial charge on any atom is 0.269 e. The number of sulfonamides is 1. The summed E-state index contributed by atoms with van der Waals surface area (Å²) < 4.78 is 26.9. The maximum absolute atomic E-state index is 12.1. The molecular weight excluding hydrogens is 342 g/mol. The fourth-order valence-electron chi connectivity index (χ4n) is 3.54. The fourth-order valence-corrected chi connectivity index (χ4v) is 4.71.